The predicted molar refractivity (Wildman–Crippen MR) is 72.6 cm³/mol. The number of hydrogen-bond donors (Lipinski definition) is 4. The average Bonchev–Trinajstić information content (AvgIpc) is 2.37. The molecule has 2 amide bonds. The fourth-order valence-electron chi connectivity index (χ4n) is 1.36. The third kappa shape index (κ3) is 4.59. The molecule has 6 nitrogen and oxygen atoms in total. The average molecular weight is 265 g/mol. The molecule has 0 bridgehead atoms. The monoisotopic (exact) mass is 265 g/mol. The number of carbonyl (C=O) groups excluding carboxylic acids is 2. The quantitative estimate of drug-likeness (QED) is 0.579. The second-order valence-corrected chi connectivity index (χ2v) is 4.55. The van der Waals surface area contributed by atoms with Crippen LogP contribution in [-0.2, 0) is 9.59 Å². The van der Waals surface area contributed by atoms with Gasteiger partial charge in [-0.2, -0.15) is 0 Å². The summed E-state index contributed by atoms with van der Waals surface area (Å²) in [5.41, 5.74) is 5.94. The molecule has 0 aliphatic rings. The molecule has 0 spiro atoms. The van der Waals surface area contributed by atoms with E-state index in [0.717, 1.165) is 0 Å². The summed E-state index contributed by atoms with van der Waals surface area (Å²) < 4.78 is 0. The minimum atomic E-state index is -0.641. The lowest BCUT2D eigenvalue weighted by Gasteiger charge is -2.15. The topological polar surface area (TPSA) is 104 Å². The first-order valence-electron chi connectivity index (χ1n) is 6.03. The molecule has 0 heterocycles. The van der Waals surface area contributed by atoms with Crippen molar-refractivity contribution < 1.29 is 14.7 Å². The number of rotatable bonds is 5. The van der Waals surface area contributed by atoms with Gasteiger partial charge in [-0.05, 0) is 18.1 Å². The van der Waals surface area contributed by atoms with Crippen molar-refractivity contribution in [2.75, 3.05) is 11.9 Å². The summed E-state index contributed by atoms with van der Waals surface area (Å²) in [6.45, 7) is 3.46. The Kier molecular flexibility index (Phi) is 5.32. The van der Waals surface area contributed by atoms with Gasteiger partial charge in [0.15, 0.2) is 0 Å². The maximum Gasteiger partial charge on any atom is 0.243 e. The number of phenols is 1. The first kappa shape index (κ1) is 15.0. The highest BCUT2D eigenvalue weighted by molar-refractivity contribution is 5.96. The molecule has 1 atom stereocenters. The van der Waals surface area contributed by atoms with Crippen molar-refractivity contribution in [1.29, 1.82) is 0 Å². The number of nitrogens with two attached hydrogens (primary N) is 1. The number of para-hydroxylation sites is 2. The van der Waals surface area contributed by atoms with E-state index in [4.69, 9.17) is 5.73 Å². The summed E-state index contributed by atoms with van der Waals surface area (Å²) in [7, 11) is 0. The van der Waals surface area contributed by atoms with Crippen molar-refractivity contribution >= 4 is 17.5 Å². The molecule has 6 heteroatoms. The number of hydrogen-bond acceptors (Lipinski definition) is 4. The lowest BCUT2D eigenvalue weighted by Crippen LogP contribution is -2.46. The van der Waals surface area contributed by atoms with Crippen molar-refractivity contribution in [3.05, 3.63) is 24.3 Å². The zero-order chi connectivity index (χ0) is 14.4. The Morgan fingerprint density at radius 2 is 1.95 bits per heavy atom. The fourth-order valence-corrected chi connectivity index (χ4v) is 1.36. The van der Waals surface area contributed by atoms with Crippen LogP contribution in [-0.4, -0.2) is 29.5 Å². The summed E-state index contributed by atoms with van der Waals surface area (Å²) in [6, 6.07) is 5.72. The van der Waals surface area contributed by atoms with Crippen LogP contribution < -0.4 is 16.4 Å². The van der Waals surface area contributed by atoms with Crippen LogP contribution in [0.5, 0.6) is 5.75 Å². The maximum atomic E-state index is 11.6. The molecular weight excluding hydrogens is 246 g/mol. The van der Waals surface area contributed by atoms with Crippen molar-refractivity contribution in [2.24, 2.45) is 11.7 Å². The molecule has 1 rings (SSSR count). The number of aromatic hydroxyl groups is 1. The lowest BCUT2D eigenvalue weighted by molar-refractivity contribution is -0.125. The highest BCUT2D eigenvalue weighted by atomic mass is 16.3. The van der Waals surface area contributed by atoms with Gasteiger partial charge >= 0.3 is 0 Å². The van der Waals surface area contributed by atoms with E-state index in [1.807, 2.05) is 13.8 Å². The lowest BCUT2D eigenvalue weighted by atomic mass is 10.1. The molecule has 0 unspecified atom stereocenters. The number of nitrogens with one attached hydrogen (secondary N) is 2. The Bertz CT molecular complexity index is 460. The molecule has 104 valence electrons. The molecule has 0 fully saturated rings. The molecule has 0 saturated heterocycles. The zero-order valence-corrected chi connectivity index (χ0v) is 11.0. The van der Waals surface area contributed by atoms with Gasteiger partial charge in [-0.3, -0.25) is 9.59 Å². The Morgan fingerprint density at radius 1 is 1.32 bits per heavy atom. The molecule has 1 aromatic carbocycles. The highest BCUT2D eigenvalue weighted by Crippen LogP contribution is 2.20. The second-order valence-electron chi connectivity index (χ2n) is 4.55. The van der Waals surface area contributed by atoms with Gasteiger partial charge in [-0.25, -0.2) is 0 Å². The van der Waals surface area contributed by atoms with Gasteiger partial charge in [0, 0.05) is 0 Å². The van der Waals surface area contributed by atoms with Gasteiger partial charge in [-0.15, -0.1) is 0 Å². The van der Waals surface area contributed by atoms with Crippen LogP contribution in [0.3, 0.4) is 0 Å². The molecule has 0 saturated carbocycles. The van der Waals surface area contributed by atoms with Crippen molar-refractivity contribution in [3.8, 4) is 5.75 Å². The Balaban J connectivity index is 2.45. The SMILES string of the molecule is CC(C)[C@H](N)C(=O)NCC(=O)Nc1ccccc1O. The minimum absolute atomic E-state index is 0.00114. The van der Waals surface area contributed by atoms with E-state index in [1.165, 1.54) is 6.07 Å². The molecule has 0 aliphatic heterocycles. The maximum absolute atomic E-state index is 11.6. The number of phenolic OH excluding ortho intramolecular Hbond substituents is 1. The van der Waals surface area contributed by atoms with Crippen molar-refractivity contribution in [3.63, 3.8) is 0 Å². The van der Waals surface area contributed by atoms with Crippen LogP contribution in [0.4, 0.5) is 5.69 Å². The van der Waals surface area contributed by atoms with Gasteiger partial charge in [0.05, 0.1) is 18.3 Å². The van der Waals surface area contributed by atoms with E-state index in [2.05, 4.69) is 10.6 Å². The van der Waals surface area contributed by atoms with Gasteiger partial charge in [-0.1, -0.05) is 26.0 Å². The van der Waals surface area contributed by atoms with Gasteiger partial charge in [0.2, 0.25) is 11.8 Å². The molecule has 0 aliphatic carbocycles. The minimum Gasteiger partial charge on any atom is -0.506 e. The number of amides is 2. The summed E-state index contributed by atoms with van der Waals surface area (Å²) in [5, 5.41) is 14.4. The van der Waals surface area contributed by atoms with Gasteiger partial charge < -0.3 is 21.5 Å². The molecular formula is C13H19N3O3. The summed E-state index contributed by atoms with van der Waals surface area (Å²) in [6.07, 6.45) is 0. The third-order valence-electron chi connectivity index (χ3n) is 2.62. The summed E-state index contributed by atoms with van der Waals surface area (Å²) >= 11 is 0. The van der Waals surface area contributed by atoms with Gasteiger partial charge in [0.25, 0.3) is 0 Å². The Labute approximate surface area is 112 Å². The van der Waals surface area contributed by atoms with Gasteiger partial charge in [0.1, 0.15) is 5.75 Å². The molecule has 19 heavy (non-hydrogen) atoms. The van der Waals surface area contributed by atoms with Crippen LogP contribution >= 0.6 is 0 Å². The number of carbonyl (C=O) groups is 2. The van der Waals surface area contributed by atoms with Crippen molar-refractivity contribution in [1.82, 2.24) is 5.32 Å². The van der Waals surface area contributed by atoms with E-state index in [1.54, 1.807) is 18.2 Å². The molecule has 0 radical (unpaired) electrons. The van der Waals surface area contributed by atoms with E-state index in [0.29, 0.717) is 5.69 Å². The largest absolute Gasteiger partial charge is 0.506 e. The van der Waals surface area contributed by atoms with Crippen LogP contribution in [0, 0.1) is 5.92 Å². The van der Waals surface area contributed by atoms with Crippen LogP contribution in [0.2, 0.25) is 0 Å². The fraction of sp³-hybridized carbons (Fsp3) is 0.385. The van der Waals surface area contributed by atoms with E-state index in [-0.39, 0.29) is 24.1 Å². The van der Waals surface area contributed by atoms with E-state index in [9.17, 15) is 14.7 Å². The zero-order valence-electron chi connectivity index (χ0n) is 11.0. The Hall–Kier alpha value is -2.08. The van der Waals surface area contributed by atoms with E-state index < -0.39 is 11.9 Å². The highest BCUT2D eigenvalue weighted by Gasteiger charge is 2.17. The van der Waals surface area contributed by atoms with Crippen LogP contribution in [0.25, 0.3) is 0 Å². The van der Waals surface area contributed by atoms with Crippen molar-refractivity contribution in [2.45, 2.75) is 19.9 Å². The normalized spacial score (nSPS) is 12.0. The molecule has 0 aromatic heterocycles. The first-order chi connectivity index (χ1) is 8.91. The predicted octanol–water partition coefficient (Wildman–Crippen LogP) is 0.430. The van der Waals surface area contributed by atoms with Crippen LogP contribution in [0.15, 0.2) is 24.3 Å². The number of benzene rings is 1. The Morgan fingerprint density at radius 3 is 2.53 bits per heavy atom. The summed E-state index contributed by atoms with van der Waals surface area (Å²) in [5.74, 6) is -0.824. The third-order valence-corrected chi connectivity index (χ3v) is 2.62. The first-order valence-corrected chi connectivity index (χ1v) is 6.03. The molecule has 5 N–H and O–H groups in total. The standard InChI is InChI=1S/C13H19N3O3/c1-8(2)12(14)13(19)15-7-11(18)16-9-5-3-4-6-10(9)17/h3-6,8,12,17H,7,14H2,1-2H3,(H,15,19)(H,16,18)/t12-/m0/s1. The number of anilines is 1. The smallest absolute Gasteiger partial charge is 0.243 e. The van der Waals surface area contributed by atoms with Crippen LogP contribution in [0.1, 0.15) is 13.8 Å². The summed E-state index contributed by atoms with van der Waals surface area (Å²) in [4.78, 5) is 23.1. The van der Waals surface area contributed by atoms with E-state index >= 15 is 0 Å². The second kappa shape index (κ2) is 6.75. The molecule has 1 aromatic rings.